The Bertz CT molecular complexity index is 764. The van der Waals surface area contributed by atoms with Gasteiger partial charge in [-0.3, -0.25) is 4.79 Å². The van der Waals surface area contributed by atoms with Crippen molar-refractivity contribution in [3.05, 3.63) is 35.7 Å². The number of nitriles is 1. The van der Waals surface area contributed by atoms with Crippen LogP contribution in [0.5, 0.6) is 5.75 Å². The van der Waals surface area contributed by atoms with Crippen LogP contribution in [0.1, 0.15) is 28.8 Å². The van der Waals surface area contributed by atoms with E-state index < -0.39 is 0 Å². The van der Waals surface area contributed by atoms with Crippen molar-refractivity contribution < 1.29 is 9.53 Å². The molecule has 0 saturated carbocycles. The molecule has 7 heteroatoms. The Kier molecular flexibility index (Phi) is 3.98. The lowest BCUT2D eigenvalue weighted by Gasteiger charge is -2.21. The Balaban J connectivity index is 2.10. The number of amides is 1. The Morgan fingerprint density at radius 2 is 2.13 bits per heavy atom. The molecular formula is C16H17N5O2. The lowest BCUT2D eigenvalue weighted by Crippen LogP contribution is -2.35. The highest BCUT2D eigenvalue weighted by molar-refractivity contribution is 5.99. The molecule has 1 atom stereocenters. The van der Waals surface area contributed by atoms with Crippen LogP contribution in [0.4, 0.5) is 0 Å². The van der Waals surface area contributed by atoms with Gasteiger partial charge in [0.2, 0.25) is 0 Å². The summed E-state index contributed by atoms with van der Waals surface area (Å²) in [5.41, 5.74) is 1.90. The molecule has 2 heterocycles. The maximum atomic E-state index is 13.0. The number of nitrogens with zero attached hydrogens (tertiary/aromatic N) is 5. The van der Waals surface area contributed by atoms with E-state index in [0.29, 0.717) is 30.0 Å². The molecule has 1 saturated heterocycles. The second-order valence-corrected chi connectivity index (χ2v) is 5.44. The molecule has 3 rings (SSSR count). The first kappa shape index (κ1) is 15.0. The van der Waals surface area contributed by atoms with E-state index >= 15 is 0 Å². The summed E-state index contributed by atoms with van der Waals surface area (Å²) in [4.78, 5) is 16.0. The summed E-state index contributed by atoms with van der Waals surface area (Å²) in [5, 5.41) is 17.5. The van der Waals surface area contributed by atoms with E-state index in [4.69, 9.17) is 4.74 Å². The minimum Gasteiger partial charge on any atom is -0.496 e. The summed E-state index contributed by atoms with van der Waals surface area (Å²) >= 11 is 0. The number of carbonyl (C=O) groups is 1. The van der Waals surface area contributed by atoms with Crippen molar-refractivity contribution in [2.75, 3.05) is 13.7 Å². The van der Waals surface area contributed by atoms with Crippen molar-refractivity contribution >= 4 is 5.91 Å². The molecule has 0 radical (unpaired) electrons. The molecule has 1 fully saturated rings. The first-order chi connectivity index (χ1) is 11.2. The van der Waals surface area contributed by atoms with Crippen molar-refractivity contribution in [3.8, 4) is 17.5 Å². The Morgan fingerprint density at radius 1 is 1.39 bits per heavy atom. The van der Waals surface area contributed by atoms with Gasteiger partial charge in [0.05, 0.1) is 36.8 Å². The summed E-state index contributed by atoms with van der Waals surface area (Å²) in [7, 11) is 1.57. The van der Waals surface area contributed by atoms with Crippen LogP contribution < -0.4 is 4.74 Å². The van der Waals surface area contributed by atoms with Gasteiger partial charge in [0.25, 0.3) is 5.91 Å². The van der Waals surface area contributed by atoms with Gasteiger partial charge in [-0.05, 0) is 37.5 Å². The number of hydrogen-bond donors (Lipinski definition) is 0. The normalized spacial score (nSPS) is 17.1. The third kappa shape index (κ3) is 2.63. The van der Waals surface area contributed by atoms with Gasteiger partial charge in [-0.15, -0.1) is 0 Å². The second kappa shape index (κ2) is 6.08. The standard InChI is InChI=1S/C16H17N5O2/c1-11-8-14(21-18-5-6-19-21)13(9-15(11)23-2)16(22)20-7-3-4-12(20)10-17/h5-6,8-9,12H,3-4,7H2,1-2H3/t12-/m0/s1. The predicted molar refractivity (Wildman–Crippen MR) is 82.3 cm³/mol. The van der Waals surface area contributed by atoms with Crippen molar-refractivity contribution in [2.24, 2.45) is 0 Å². The molecule has 0 N–H and O–H groups in total. The molecule has 1 aromatic heterocycles. The fraction of sp³-hybridized carbons (Fsp3) is 0.375. The van der Waals surface area contributed by atoms with Crippen molar-refractivity contribution in [3.63, 3.8) is 0 Å². The molecule has 2 aromatic rings. The molecule has 1 amide bonds. The number of hydrogen-bond acceptors (Lipinski definition) is 5. The largest absolute Gasteiger partial charge is 0.496 e. The van der Waals surface area contributed by atoms with Gasteiger partial charge in [0.1, 0.15) is 11.8 Å². The molecule has 7 nitrogen and oxygen atoms in total. The summed E-state index contributed by atoms with van der Waals surface area (Å²) in [6.45, 7) is 2.48. The van der Waals surface area contributed by atoms with Crippen LogP contribution in [0.2, 0.25) is 0 Å². The Labute approximate surface area is 134 Å². The lowest BCUT2D eigenvalue weighted by atomic mass is 10.1. The second-order valence-electron chi connectivity index (χ2n) is 5.44. The van der Waals surface area contributed by atoms with Gasteiger partial charge in [-0.2, -0.15) is 20.3 Å². The minimum absolute atomic E-state index is 0.195. The third-order valence-electron chi connectivity index (χ3n) is 4.04. The number of carbonyl (C=O) groups excluding carboxylic acids is 1. The van der Waals surface area contributed by atoms with Gasteiger partial charge < -0.3 is 9.64 Å². The Hall–Kier alpha value is -2.88. The molecule has 0 spiro atoms. The summed E-state index contributed by atoms with van der Waals surface area (Å²) in [5.74, 6) is 0.427. The van der Waals surface area contributed by atoms with E-state index in [0.717, 1.165) is 12.0 Å². The SMILES string of the molecule is COc1cc(C(=O)N2CCC[C@H]2C#N)c(-n2nccn2)cc1C. The molecule has 1 aromatic carbocycles. The lowest BCUT2D eigenvalue weighted by molar-refractivity contribution is 0.0764. The predicted octanol–water partition coefficient (Wildman–Crippen LogP) is 1.71. The van der Waals surface area contributed by atoms with Crippen LogP contribution in [-0.4, -0.2) is 45.5 Å². The number of benzene rings is 1. The molecule has 1 aliphatic rings. The van der Waals surface area contributed by atoms with Crippen molar-refractivity contribution in [1.82, 2.24) is 19.9 Å². The van der Waals surface area contributed by atoms with Gasteiger partial charge in [0.15, 0.2) is 0 Å². The number of methoxy groups -OCH3 is 1. The topological polar surface area (TPSA) is 84.0 Å². The maximum Gasteiger partial charge on any atom is 0.257 e. The molecule has 1 aliphatic heterocycles. The fourth-order valence-corrected chi connectivity index (χ4v) is 2.87. The summed E-state index contributed by atoms with van der Waals surface area (Å²) < 4.78 is 5.34. The highest BCUT2D eigenvalue weighted by Crippen LogP contribution is 2.28. The Morgan fingerprint density at radius 3 is 2.78 bits per heavy atom. The zero-order valence-corrected chi connectivity index (χ0v) is 13.1. The van der Waals surface area contributed by atoms with Gasteiger partial charge >= 0.3 is 0 Å². The van der Waals surface area contributed by atoms with Gasteiger partial charge in [-0.25, -0.2) is 0 Å². The first-order valence-electron chi connectivity index (χ1n) is 7.41. The van der Waals surface area contributed by atoms with E-state index in [9.17, 15) is 10.1 Å². The molecule has 118 valence electrons. The fourth-order valence-electron chi connectivity index (χ4n) is 2.87. The molecule has 0 aliphatic carbocycles. The highest BCUT2D eigenvalue weighted by atomic mass is 16.5. The van der Waals surface area contributed by atoms with Crippen LogP contribution in [0.15, 0.2) is 24.5 Å². The van der Waals surface area contributed by atoms with Crippen LogP contribution >= 0.6 is 0 Å². The van der Waals surface area contributed by atoms with Crippen molar-refractivity contribution in [2.45, 2.75) is 25.8 Å². The zero-order chi connectivity index (χ0) is 16.4. The van der Waals surface area contributed by atoms with Crippen LogP contribution in [0, 0.1) is 18.3 Å². The molecular weight excluding hydrogens is 294 g/mol. The quantitative estimate of drug-likeness (QED) is 0.861. The van der Waals surface area contributed by atoms with E-state index in [1.807, 2.05) is 13.0 Å². The average molecular weight is 311 g/mol. The minimum atomic E-state index is -0.381. The smallest absolute Gasteiger partial charge is 0.257 e. The molecule has 23 heavy (non-hydrogen) atoms. The maximum absolute atomic E-state index is 13.0. The van der Waals surface area contributed by atoms with Gasteiger partial charge in [0, 0.05) is 6.54 Å². The highest BCUT2D eigenvalue weighted by Gasteiger charge is 2.31. The zero-order valence-electron chi connectivity index (χ0n) is 13.1. The number of aryl methyl sites for hydroxylation is 1. The van der Waals surface area contributed by atoms with Crippen LogP contribution in [0.25, 0.3) is 5.69 Å². The number of rotatable bonds is 3. The summed E-state index contributed by atoms with van der Waals surface area (Å²) in [6.07, 6.45) is 4.66. The first-order valence-corrected chi connectivity index (χ1v) is 7.41. The number of aromatic nitrogens is 3. The van der Waals surface area contributed by atoms with E-state index in [1.165, 1.54) is 4.80 Å². The van der Waals surface area contributed by atoms with Gasteiger partial charge in [-0.1, -0.05) is 0 Å². The van der Waals surface area contributed by atoms with E-state index in [1.54, 1.807) is 30.5 Å². The van der Waals surface area contributed by atoms with E-state index in [2.05, 4.69) is 16.3 Å². The third-order valence-corrected chi connectivity index (χ3v) is 4.04. The van der Waals surface area contributed by atoms with Crippen LogP contribution in [-0.2, 0) is 0 Å². The van der Waals surface area contributed by atoms with Crippen LogP contribution in [0.3, 0.4) is 0 Å². The average Bonchev–Trinajstić information content (AvgIpc) is 3.25. The number of ether oxygens (including phenoxy) is 1. The number of likely N-dealkylation sites (tertiary alicyclic amines) is 1. The van der Waals surface area contributed by atoms with Crippen molar-refractivity contribution in [1.29, 1.82) is 5.26 Å². The molecule has 0 unspecified atom stereocenters. The molecule has 0 bridgehead atoms. The summed E-state index contributed by atoms with van der Waals surface area (Å²) in [6, 6.07) is 5.33. The monoisotopic (exact) mass is 311 g/mol. The van der Waals surface area contributed by atoms with E-state index in [-0.39, 0.29) is 11.9 Å².